The second-order valence-electron chi connectivity index (χ2n) is 6.62. The van der Waals surface area contributed by atoms with Gasteiger partial charge in [0.25, 0.3) is 0 Å². The Morgan fingerprint density at radius 2 is 2.00 bits per heavy atom. The Kier molecular flexibility index (Phi) is 4.85. The lowest BCUT2D eigenvalue weighted by Crippen LogP contribution is -2.38. The van der Waals surface area contributed by atoms with Crippen LogP contribution in [-0.2, 0) is 4.79 Å². The standard InChI is InChI=1S/C18H21N7OS/c1-12-13(2)27-18(22-12)23-17(26)14-3-6-24(7-4-14)15-9-16(21-10-20-15)25-8-5-19-11-25/h5,8-11,14H,3-4,6-7H2,1-2H3,(H,22,23,26). The van der Waals surface area contributed by atoms with Crippen LogP contribution in [0.3, 0.4) is 0 Å². The first kappa shape index (κ1) is 17.6. The molecule has 3 aromatic heterocycles. The molecule has 27 heavy (non-hydrogen) atoms. The molecule has 1 aliphatic rings. The summed E-state index contributed by atoms with van der Waals surface area (Å²) in [5.41, 5.74) is 0.975. The van der Waals surface area contributed by atoms with Gasteiger partial charge in [0, 0.05) is 42.3 Å². The van der Waals surface area contributed by atoms with E-state index in [-0.39, 0.29) is 11.8 Å². The summed E-state index contributed by atoms with van der Waals surface area (Å²) >= 11 is 1.53. The number of anilines is 2. The number of nitrogens with one attached hydrogen (secondary N) is 1. The number of hydrogen-bond acceptors (Lipinski definition) is 7. The van der Waals surface area contributed by atoms with Crippen LogP contribution in [0, 0.1) is 19.8 Å². The largest absolute Gasteiger partial charge is 0.356 e. The molecule has 4 rings (SSSR count). The third-order valence-electron chi connectivity index (χ3n) is 4.86. The molecule has 0 saturated carbocycles. The van der Waals surface area contributed by atoms with E-state index in [2.05, 4.69) is 30.2 Å². The van der Waals surface area contributed by atoms with E-state index in [1.165, 1.54) is 11.3 Å². The Morgan fingerprint density at radius 3 is 2.67 bits per heavy atom. The lowest BCUT2D eigenvalue weighted by Gasteiger charge is -2.32. The highest BCUT2D eigenvalue weighted by Crippen LogP contribution is 2.26. The zero-order chi connectivity index (χ0) is 18.8. The minimum Gasteiger partial charge on any atom is -0.356 e. The number of amides is 1. The molecule has 0 aliphatic carbocycles. The van der Waals surface area contributed by atoms with Crippen LogP contribution >= 0.6 is 11.3 Å². The van der Waals surface area contributed by atoms with Crippen molar-refractivity contribution < 1.29 is 4.79 Å². The normalized spacial score (nSPS) is 15.1. The van der Waals surface area contributed by atoms with Gasteiger partial charge in [-0.1, -0.05) is 0 Å². The number of aromatic nitrogens is 5. The molecule has 140 valence electrons. The highest BCUT2D eigenvalue weighted by molar-refractivity contribution is 7.15. The van der Waals surface area contributed by atoms with E-state index in [0.717, 1.165) is 48.1 Å². The van der Waals surface area contributed by atoms with Crippen molar-refractivity contribution in [1.82, 2.24) is 24.5 Å². The van der Waals surface area contributed by atoms with Gasteiger partial charge in [0.1, 0.15) is 24.3 Å². The van der Waals surface area contributed by atoms with E-state index in [9.17, 15) is 4.79 Å². The van der Waals surface area contributed by atoms with Gasteiger partial charge in [0.05, 0.1) is 5.69 Å². The molecule has 4 heterocycles. The van der Waals surface area contributed by atoms with Crippen molar-refractivity contribution in [3.8, 4) is 5.82 Å². The molecule has 1 aliphatic heterocycles. The number of piperidine rings is 1. The van der Waals surface area contributed by atoms with E-state index < -0.39 is 0 Å². The number of carbonyl (C=O) groups is 1. The summed E-state index contributed by atoms with van der Waals surface area (Å²) in [5, 5.41) is 3.66. The number of rotatable bonds is 4. The smallest absolute Gasteiger partial charge is 0.229 e. The molecule has 0 radical (unpaired) electrons. The van der Waals surface area contributed by atoms with Crippen molar-refractivity contribution in [2.45, 2.75) is 26.7 Å². The Balaban J connectivity index is 1.37. The second kappa shape index (κ2) is 7.43. The molecule has 0 atom stereocenters. The van der Waals surface area contributed by atoms with Gasteiger partial charge in [-0.15, -0.1) is 11.3 Å². The van der Waals surface area contributed by atoms with Crippen LogP contribution in [0.2, 0.25) is 0 Å². The van der Waals surface area contributed by atoms with Gasteiger partial charge >= 0.3 is 0 Å². The first-order chi connectivity index (χ1) is 13.1. The topological polar surface area (TPSA) is 88.8 Å². The zero-order valence-electron chi connectivity index (χ0n) is 15.3. The SMILES string of the molecule is Cc1nc(NC(=O)C2CCN(c3cc(-n4ccnc4)ncn3)CC2)sc1C. The molecule has 1 N–H and O–H groups in total. The maximum atomic E-state index is 12.5. The maximum absolute atomic E-state index is 12.5. The predicted octanol–water partition coefficient (Wildman–Crippen LogP) is 2.59. The summed E-state index contributed by atoms with van der Waals surface area (Å²) in [5.74, 6) is 1.72. The summed E-state index contributed by atoms with van der Waals surface area (Å²) in [6.07, 6.45) is 8.43. The molecule has 0 aromatic carbocycles. The summed E-state index contributed by atoms with van der Waals surface area (Å²) in [4.78, 5) is 33.0. The van der Waals surface area contributed by atoms with Crippen molar-refractivity contribution in [3.05, 3.63) is 41.7 Å². The molecule has 1 amide bonds. The van der Waals surface area contributed by atoms with E-state index in [4.69, 9.17) is 0 Å². The van der Waals surface area contributed by atoms with Gasteiger partial charge in [-0.25, -0.2) is 19.9 Å². The third-order valence-corrected chi connectivity index (χ3v) is 5.84. The van der Waals surface area contributed by atoms with Crippen LogP contribution in [-0.4, -0.2) is 43.5 Å². The fourth-order valence-electron chi connectivity index (χ4n) is 3.15. The number of thiazole rings is 1. The monoisotopic (exact) mass is 383 g/mol. The lowest BCUT2D eigenvalue weighted by molar-refractivity contribution is -0.120. The second-order valence-corrected chi connectivity index (χ2v) is 7.82. The average molecular weight is 383 g/mol. The Labute approximate surface area is 161 Å². The summed E-state index contributed by atoms with van der Waals surface area (Å²) < 4.78 is 1.85. The van der Waals surface area contributed by atoms with Crippen LogP contribution in [0.5, 0.6) is 0 Å². The van der Waals surface area contributed by atoms with Gasteiger partial charge < -0.3 is 10.2 Å². The minimum atomic E-state index is 0.000665. The van der Waals surface area contributed by atoms with Crippen molar-refractivity contribution in [2.24, 2.45) is 5.92 Å². The number of aryl methyl sites for hydroxylation is 2. The summed E-state index contributed by atoms with van der Waals surface area (Å²) in [6, 6.07) is 1.95. The predicted molar refractivity (Wildman–Crippen MR) is 104 cm³/mol. The molecule has 9 heteroatoms. The van der Waals surface area contributed by atoms with Crippen LogP contribution in [0.15, 0.2) is 31.1 Å². The van der Waals surface area contributed by atoms with E-state index in [1.807, 2.05) is 30.7 Å². The first-order valence-electron chi connectivity index (χ1n) is 8.90. The van der Waals surface area contributed by atoms with Crippen LogP contribution in [0.25, 0.3) is 5.82 Å². The van der Waals surface area contributed by atoms with Crippen molar-refractivity contribution in [2.75, 3.05) is 23.3 Å². The maximum Gasteiger partial charge on any atom is 0.229 e. The molecule has 1 saturated heterocycles. The number of carbonyl (C=O) groups excluding carboxylic acids is 1. The molecular formula is C18H21N7OS. The fourth-order valence-corrected chi connectivity index (χ4v) is 3.97. The zero-order valence-corrected chi connectivity index (χ0v) is 16.1. The van der Waals surface area contributed by atoms with Crippen molar-refractivity contribution in [3.63, 3.8) is 0 Å². The Bertz CT molecular complexity index is 910. The summed E-state index contributed by atoms with van der Waals surface area (Å²) in [6.45, 7) is 5.55. The highest BCUT2D eigenvalue weighted by atomic mass is 32.1. The van der Waals surface area contributed by atoms with E-state index in [1.54, 1.807) is 18.9 Å². The van der Waals surface area contributed by atoms with Gasteiger partial charge in [-0.2, -0.15) is 0 Å². The lowest BCUT2D eigenvalue weighted by atomic mass is 9.96. The van der Waals surface area contributed by atoms with Gasteiger partial charge in [-0.05, 0) is 26.7 Å². The Morgan fingerprint density at radius 1 is 1.22 bits per heavy atom. The van der Waals surface area contributed by atoms with E-state index in [0.29, 0.717) is 5.13 Å². The van der Waals surface area contributed by atoms with Crippen LogP contribution < -0.4 is 10.2 Å². The molecule has 1 fully saturated rings. The summed E-state index contributed by atoms with van der Waals surface area (Å²) in [7, 11) is 0. The Hall–Kier alpha value is -2.81. The average Bonchev–Trinajstić information content (AvgIpc) is 3.32. The molecule has 3 aromatic rings. The fraction of sp³-hybridized carbons (Fsp3) is 0.389. The van der Waals surface area contributed by atoms with Gasteiger partial charge in [0.2, 0.25) is 5.91 Å². The van der Waals surface area contributed by atoms with Crippen molar-refractivity contribution >= 4 is 28.2 Å². The highest BCUT2D eigenvalue weighted by Gasteiger charge is 2.26. The molecule has 0 unspecified atom stereocenters. The molecule has 0 spiro atoms. The van der Waals surface area contributed by atoms with Crippen molar-refractivity contribution in [1.29, 1.82) is 0 Å². The van der Waals surface area contributed by atoms with Gasteiger partial charge in [0.15, 0.2) is 5.13 Å². The minimum absolute atomic E-state index is 0.000665. The quantitative estimate of drug-likeness (QED) is 0.745. The van der Waals surface area contributed by atoms with Gasteiger partial charge in [-0.3, -0.25) is 9.36 Å². The molecular weight excluding hydrogens is 362 g/mol. The number of imidazole rings is 1. The number of hydrogen-bond donors (Lipinski definition) is 1. The molecule has 8 nitrogen and oxygen atoms in total. The molecule has 0 bridgehead atoms. The van der Waals surface area contributed by atoms with Crippen LogP contribution in [0.1, 0.15) is 23.4 Å². The van der Waals surface area contributed by atoms with Crippen LogP contribution in [0.4, 0.5) is 10.9 Å². The number of nitrogens with zero attached hydrogens (tertiary/aromatic N) is 6. The van der Waals surface area contributed by atoms with E-state index >= 15 is 0 Å². The third kappa shape index (κ3) is 3.82. The first-order valence-corrected chi connectivity index (χ1v) is 9.72.